The Kier molecular flexibility index (Phi) is 7.01. The van der Waals surface area contributed by atoms with Gasteiger partial charge in [-0.3, -0.25) is 0 Å². The van der Waals surface area contributed by atoms with Crippen molar-refractivity contribution in [3.63, 3.8) is 0 Å². The van der Waals surface area contributed by atoms with E-state index in [-0.39, 0.29) is 0 Å². The summed E-state index contributed by atoms with van der Waals surface area (Å²) in [6, 6.07) is 6.86. The second-order valence-electron chi connectivity index (χ2n) is 5.48. The number of ether oxygens (including phenoxy) is 3. The summed E-state index contributed by atoms with van der Waals surface area (Å²) in [7, 11) is 2.48. The highest BCUT2D eigenvalue weighted by Crippen LogP contribution is 2.44. The lowest BCUT2D eigenvalue weighted by atomic mass is 10.2. The van der Waals surface area contributed by atoms with Crippen LogP contribution in [0.4, 0.5) is 0 Å². The molecule has 1 atom stereocenters. The number of benzene rings is 1. The van der Waals surface area contributed by atoms with Crippen LogP contribution < -0.4 is 4.74 Å². The fourth-order valence-electron chi connectivity index (χ4n) is 2.10. The Balaban J connectivity index is 0.000000198. The van der Waals surface area contributed by atoms with E-state index >= 15 is 0 Å². The lowest BCUT2D eigenvalue weighted by Crippen LogP contribution is -2.42. The Bertz CT molecular complexity index is 478. The summed E-state index contributed by atoms with van der Waals surface area (Å²) in [4.78, 5) is 0. The number of hydrogen-bond acceptors (Lipinski definition) is 6. The third-order valence-electron chi connectivity index (χ3n) is 3.69. The quantitative estimate of drug-likeness (QED) is 0.397. The van der Waals surface area contributed by atoms with Crippen molar-refractivity contribution in [1.82, 2.24) is 0 Å². The van der Waals surface area contributed by atoms with E-state index in [9.17, 15) is 0 Å². The van der Waals surface area contributed by atoms with Gasteiger partial charge in [-0.25, -0.2) is 0 Å². The van der Waals surface area contributed by atoms with E-state index < -0.39 is 8.80 Å². The normalized spacial score (nSPS) is 17.7. The number of epoxide rings is 1. The van der Waals surface area contributed by atoms with Crippen LogP contribution in [0.3, 0.4) is 0 Å². The summed E-state index contributed by atoms with van der Waals surface area (Å²) in [5.41, 5.74) is 1.27. The molecule has 0 bridgehead atoms. The summed E-state index contributed by atoms with van der Waals surface area (Å²) >= 11 is 0. The van der Waals surface area contributed by atoms with Crippen LogP contribution in [-0.4, -0.2) is 56.1 Å². The molecule has 0 saturated carbocycles. The Hall–Kier alpha value is -0.963. The van der Waals surface area contributed by atoms with Gasteiger partial charge in [-0.15, -0.1) is 0 Å². The van der Waals surface area contributed by atoms with Gasteiger partial charge in [-0.2, -0.15) is 0 Å². The average Bonchev–Trinajstić information content (AvgIpc) is 3.46. The second kappa shape index (κ2) is 8.77. The van der Waals surface area contributed by atoms with Gasteiger partial charge >= 0.3 is 8.80 Å². The third-order valence-corrected chi connectivity index (χ3v) is 6.52. The highest BCUT2D eigenvalue weighted by molar-refractivity contribution is 6.60. The van der Waals surface area contributed by atoms with E-state index in [4.69, 9.17) is 27.5 Å². The van der Waals surface area contributed by atoms with Gasteiger partial charge in [0.05, 0.1) is 13.2 Å². The zero-order valence-electron chi connectivity index (χ0n) is 14.3. The van der Waals surface area contributed by atoms with Crippen molar-refractivity contribution >= 4 is 8.80 Å². The first-order valence-electron chi connectivity index (χ1n) is 7.76. The zero-order valence-corrected chi connectivity index (χ0v) is 15.3. The van der Waals surface area contributed by atoms with Crippen LogP contribution in [0.5, 0.6) is 11.5 Å². The number of fused-ring (bicyclic) bond motifs is 1. The van der Waals surface area contributed by atoms with Gasteiger partial charge in [0.1, 0.15) is 6.10 Å². The fraction of sp³-hybridized carbons (Fsp3) is 0.625. The minimum absolute atomic E-state index is 0.333. The standard InChI is InChI=1S/C9H20O5Si.C7H6O/c1-10-15(11-2,12-3)6-4-5-13-7-9-8-14-9;1-5-2-3-6-7(4-5)8-6/h9H,4-8H2,1-3H3;2-4H,1H3. The Morgan fingerprint density at radius 3 is 2.35 bits per heavy atom. The molecule has 1 unspecified atom stereocenters. The van der Waals surface area contributed by atoms with Gasteiger partial charge in [0.2, 0.25) is 0 Å². The molecule has 0 spiro atoms. The number of aryl methyl sites for hydroxylation is 1. The molecule has 3 rings (SSSR count). The molecule has 1 aromatic carbocycles. The lowest BCUT2D eigenvalue weighted by molar-refractivity contribution is 0.100. The molecular formula is C16H26O6Si. The van der Waals surface area contributed by atoms with Crippen molar-refractivity contribution in [1.29, 1.82) is 0 Å². The molecule has 2 heterocycles. The van der Waals surface area contributed by atoms with Crippen molar-refractivity contribution in [2.75, 3.05) is 41.2 Å². The molecule has 0 N–H and O–H groups in total. The van der Waals surface area contributed by atoms with Gasteiger partial charge in [-0.05, 0) is 31.0 Å². The summed E-state index contributed by atoms with van der Waals surface area (Å²) in [5, 5.41) is 0. The molecule has 2 aliphatic rings. The second-order valence-corrected chi connectivity index (χ2v) is 8.57. The first-order chi connectivity index (χ1) is 11.1. The Labute approximate surface area is 139 Å². The molecule has 0 aliphatic carbocycles. The van der Waals surface area contributed by atoms with E-state index in [1.807, 2.05) is 18.2 Å². The van der Waals surface area contributed by atoms with Crippen LogP contribution in [0, 0.1) is 6.92 Å². The largest absolute Gasteiger partial charge is 0.500 e. The van der Waals surface area contributed by atoms with Crippen LogP contribution in [-0.2, 0) is 22.8 Å². The summed E-state index contributed by atoms with van der Waals surface area (Å²) in [5.74, 6) is 2.08. The van der Waals surface area contributed by atoms with Gasteiger partial charge in [0.25, 0.3) is 0 Å². The van der Waals surface area contributed by atoms with Crippen LogP contribution in [0.25, 0.3) is 0 Å². The topological polar surface area (TPSA) is 62.0 Å². The molecule has 1 aromatic rings. The maximum Gasteiger partial charge on any atom is 0.500 e. The predicted molar refractivity (Wildman–Crippen MR) is 88.0 cm³/mol. The molecule has 0 amide bonds. The van der Waals surface area contributed by atoms with Crippen molar-refractivity contribution in [2.45, 2.75) is 25.5 Å². The number of hydrogen-bond donors (Lipinski definition) is 0. The SMILES string of the molecule is CO[Si](CCCOCC1CO1)(OC)OC.Cc1ccc2c(c1)O2. The molecule has 0 aromatic heterocycles. The fourth-order valence-corrected chi connectivity index (χ4v) is 3.79. The van der Waals surface area contributed by atoms with Gasteiger partial charge in [0, 0.05) is 34.0 Å². The lowest BCUT2D eigenvalue weighted by Gasteiger charge is -2.24. The summed E-state index contributed by atoms with van der Waals surface area (Å²) in [6.07, 6.45) is 1.22. The van der Waals surface area contributed by atoms with E-state index in [1.54, 1.807) is 21.3 Å². The molecule has 7 heteroatoms. The molecule has 1 fully saturated rings. The first-order valence-corrected chi connectivity index (χ1v) is 9.69. The highest BCUT2D eigenvalue weighted by atomic mass is 28.4. The smallest absolute Gasteiger partial charge is 0.450 e. The van der Waals surface area contributed by atoms with Gasteiger partial charge in [-0.1, -0.05) is 6.07 Å². The first kappa shape index (κ1) is 18.4. The maximum absolute atomic E-state index is 5.42. The Morgan fingerprint density at radius 2 is 1.83 bits per heavy atom. The average molecular weight is 342 g/mol. The third kappa shape index (κ3) is 6.21. The maximum atomic E-state index is 5.42. The van der Waals surface area contributed by atoms with E-state index in [0.29, 0.717) is 19.3 Å². The molecule has 2 aliphatic heterocycles. The molecular weight excluding hydrogens is 316 g/mol. The zero-order chi connectivity index (χ0) is 16.7. The Morgan fingerprint density at radius 1 is 1.13 bits per heavy atom. The van der Waals surface area contributed by atoms with Crippen molar-refractivity contribution < 1.29 is 27.5 Å². The van der Waals surface area contributed by atoms with Gasteiger partial charge in [0.15, 0.2) is 11.5 Å². The van der Waals surface area contributed by atoms with Crippen LogP contribution >= 0.6 is 0 Å². The summed E-state index contributed by atoms with van der Waals surface area (Å²) < 4.78 is 31.3. The van der Waals surface area contributed by atoms with E-state index in [2.05, 4.69) is 6.92 Å². The van der Waals surface area contributed by atoms with Crippen LogP contribution in [0.15, 0.2) is 18.2 Å². The molecule has 1 saturated heterocycles. The summed E-state index contributed by atoms with van der Waals surface area (Å²) in [6.45, 7) is 4.29. The monoisotopic (exact) mass is 342 g/mol. The highest BCUT2D eigenvalue weighted by Gasteiger charge is 2.36. The molecule has 130 valence electrons. The minimum atomic E-state index is -2.39. The predicted octanol–water partition coefficient (Wildman–Crippen LogP) is 2.77. The molecule has 6 nitrogen and oxygen atoms in total. The number of rotatable bonds is 9. The van der Waals surface area contributed by atoms with Crippen LogP contribution in [0.2, 0.25) is 6.04 Å². The van der Waals surface area contributed by atoms with Crippen molar-refractivity contribution in [3.8, 4) is 11.5 Å². The van der Waals surface area contributed by atoms with E-state index in [1.165, 1.54) is 5.56 Å². The van der Waals surface area contributed by atoms with E-state index in [0.717, 1.165) is 30.6 Å². The van der Waals surface area contributed by atoms with Crippen LogP contribution in [0.1, 0.15) is 12.0 Å². The van der Waals surface area contributed by atoms with Gasteiger partial charge < -0.3 is 27.5 Å². The van der Waals surface area contributed by atoms with Crippen molar-refractivity contribution in [3.05, 3.63) is 23.8 Å². The minimum Gasteiger partial charge on any atom is -0.450 e. The molecule has 23 heavy (non-hydrogen) atoms. The van der Waals surface area contributed by atoms with Crippen molar-refractivity contribution in [2.24, 2.45) is 0 Å². The molecule has 0 radical (unpaired) electrons.